The summed E-state index contributed by atoms with van der Waals surface area (Å²) in [6.07, 6.45) is 1.88. The normalized spacial score (nSPS) is 12.0. The number of benzene rings is 7. The molecule has 10 aromatic rings. The van der Waals surface area contributed by atoms with Crippen molar-refractivity contribution in [3.05, 3.63) is 181 Å². The third-order valence-corrected chi connectivity index (χ3v) is 11.8. The van der Waals surface area contributed by atoms with Gasteiger partial charge in [0, 0.05) is 49.3 Å². The minimum atomic E-state index is -0.165. The smallest absolute Gasteiger partial charge is 0.148 e. The van der Waals surface area contributed by atoms with E-state index in [2.05, 4.69) is 161 Å². The predicted octanol–water partition coefficient (Wildman–Crippen LogP) is 14.8. The summed E-state index contributed by atoms with van der Waals surface area (Å²) >= 11 is 0. The van der Waals surface area contributed by atoms with Gasteiger partial charge in [0.05, 0.1) is 22.3 Å². The maximum atomic E-state index is 12.0. The first-order valence-electron chi connectivity index (χ1n) is 20.9. The average Bonchev–Trinajstić information content (AvgIpc) is 3.84. The molecule has 0 aliphatic carbocycles. The van der Waals surface area contributed by atoms with Crippen LogP contribution in [-0.2, 0) is 31.9 Å². The number of imidazole rings is 1. The number of rotatable bonds is 6. The molecule has 1 N–H and O–H groups in total. The van der Waals surface area contributed by atoms with Gasteiger partial charge in [-0.15, -0.1) is 29.3 Å². The summed E-state index contributed by atoms with van der Waals surface area (Å²) in [6.45, 7) is 13.4. The first-order chi connectivity index (χ1) is 29.4. The van der Waals surface area contributed by atoms with E-state index in [1.807, 2.05) is 54.7 Å². The van der Waals surface area contributed by atoms with Crippen LogP contribution in [0.15, 0.2) is 168 Å². The molecule has 0 saturated heterocycles. The Morgan fingerprint density at radius 2 is 1.24 bits per heavy atom. The van der Waals surface area contributed by atoms with Crippen molar-refractivity contribution in [2.24, 2.45) is 0 Å². The minimum absolute atomic E-state index is 0. The topological polar surface area (TPSA) is 64.1 Å². The van der Waals surface area contributed by atoms with Crippen LogP contribution in [0.25, 0.3) is 94.7 Å². The van der Waals surface area contributed by atoms with Crippen LogP contribution in [0.5, 0.6) is 5.75 Å². The van der Waals surface area contributed by atoms with Crippen molar-refractivity contribution in [1.82, 2.24) is 14.5 Å². The van der Waals surface area contributed by atoms with Gasteiger partial charge >= 0.3 is 0 Å². The third kappa shape index (κ3) is 7.35. The number of hydrogen-bond acceptors (Lipinski definition) is 4. The number of furan rings is 1. The number of fused-ring (bicyclic) bond motifs is 4. The van der Waals surface area contributed by atoms with Crippen molar-refractivity contribution < 1.29 is 30.6 Å². The number of nitrogens with zero attached hydrogens (tertiary/aromatic N) is 3. The van der Waals surface area contributed by atoms with Gasteiger partial charge in [0.25, 0.3) is 0 Å². The number of para-hydroxylation sites is 2. The predicted molar refractivity (Wildman–Crippen MR) is 251 cm³/mol. The maximum absolute atomic E-state index is 12.0. The molecule has 0 bridgehead atoms. The summed E-state index contributed by atoms with van der Waals surface area (Å²) in [4.78, 5) is 10.4. The molecule has 3 aromatic heterocycles. The Kier molecular flexibility index (Phi) is 10.4. The molecule has 5 nitrogen and oxygen atoms in total. The number of phenols is 1. The van der Waals surface area contributed by atoms with E-state index in [9.17, 15) is 5.11 Å². The summed E-state index contributed by atoms with van der Waals surface area (Å²) < 4.78 is 8.61. The number of aromatic hydroxyl groups is 1. The van der Waals surface area contributed by atoms with Crippen molar-refractivity contribution in [2.45, 2.75) is 52.4 Å². The Balaban J connectivity index is 0.00000490. The van der Waals surface area contributed by atoms with Crippen LogP contribution in [0.1, 0.15) is 52.7 Å². The molecule has 308 valence electrons. The van der Waals surface area contributed by atoms with Crippen LogP contribution in [0.4, 0.5) is 0 Å². The molecule has 0 radical (unpaired) electrons. The zero-order valence-electron chi connectivity index (χ0n) is 35.6. The van der Waals surface area contributed by atoms with E-state index in [1.165, 1.54) is 5.56 Å². The Labute approximate surface area is 377 Å². The second kappa shape index (κ2) is 15.7. The number of hydrogen-bond donors (Lipinski definition) is 1. The first kappa shape index (κ1) is 40.8. The fourth-order valence-corrected chi connectivity index (χ4v) is 8.40. The van der Waals surface area contributed by atoms with E-state index in [0.717, 1.165) is 83.3 Å². The number of aromatic nitrogens is 3. The summed E-state index contributed by atoms with van der Waals surface area (Å²) in [7, 11) is 0. The van der Waals surface area contributed by atoms with Crippen LogP contribution < -0.4 is 0 Å². The zero-order chi connectivity index (χ0) is 42.0. The van der Waals surface area contributed by atoms with Gasteiger partial charge in [-0.2, -0.15) is 0 Å². The third-order valence-electron chi connectivity index (χ3n) is 11.8. The van der Waals surface area contributed by atoms with Crippen molar-refractivity contribution in [3.63, 3.8) is 0 Å². The summed E-state index contributed by atoms with van der Waals surface area (Å²) in [6, 6.07) is 58.1. The van der Waals surface area contributed by atoms with Crippen molar-refractivity contribution in [3.8, 4) is 67.5 Å². The van der Waals surface area contributed by atoms with Crippen LogP contribution in [0.2, 0.25) is 0 Å². The summed E-state index contributed by atoms with van der Waals surface area (Å²) in [5.74, 6) is 0.727. The quantitative estimate of drug-likeness (QED) is 0.169. The summed E-state index contributed by atoms with van der Waals surface area (Å²) in [5, 5.41) is 13.8. The van der Waals surface area contributed by atoms with Gasteiger partial charge in [-0.1, -0.05) is 156 Å². The van der Waals surface area contributed by atoms with Crippen LogP contribution in [0.3, 0.4) is 0 Å². The van der Waals surface area contributed by atoms with Gasteiger partial charge in [-0.25, -0.2) is 4.98 Å². The van der Waals surface area contributed by atoms with Crippen molar-refractivity contribution in [1.29, 1.82) is 0 Å². The molecule has 0 spiro atoms. The van der Waals surface area contributed by atoms with E-state index in [4.69, 9.17) is 14.4 Å². The molecule has 0 fully saturated rings. The standard InChI is InChI=1S/C56H46N3O2.Pt/c1-55(2,3)40-24-25-48(44(32-40)36-18-11-8-12-19-36)59-49-22-15-21-42(53(49)58-54(59)46-34-52-45(33-50(46)60)43-20-13-14-23-51(43)61-52)38-28-39(30-41(29-38)56(4,5)6)47-31-37(26-27-57-47)35-16-9-7-10-17-35;/h7-27,29-34,60H,1-6H3;/q-1;. The average molecular weight is 988 g/mol. The fourth-order valence-electron chi connectivity index (χ4n) is 8.40. The Hall–Kier alpha value is -6.55. The SMILES string of the molecule is CC(C)(C)c1cc(-c2cc(-c3ccccc3)ccn2)[c-]c(-c2cccc3c2nc(-c2cc4oc5ccccc5c4cc2O)n3-c2ccc(C(C)(C)C)cc2-c2ccccc2)c1.[Pt]. The minimum Gasteiger partial charge on any atom is -0.507 e. The number of phenolic OH excluding ortho intramolecular Hbond substituents is 1. The van der Waals surface area contributed by atoms with Crippen LogP contribution in [-0.4, -0.2) is 19.6 Å². The Bertz CT molecular complexity index is 3280. The Morgan fingerprint density at radius 3 is 1.98 bits per heavy atom. The monoisotopic (exact) mass is 987 g/mol. The van der Waals surface area contributed by atoms with E-state index in [-0.39, 0.29) is 37.6 Å². The molecular weight excluding hydrogens is 942 g/mol. The Morgan fingerprint density at radius 1 is 0.548 bits per heavy atom. The second-order valence-electron chi connectivity index (χ2n) is 18.0. The first-order valence-corrected chi connectivity index (χ1v) is 20.9. The molecule has 7 aromatic carbocycles. The summed E-state index contributed by atoms with van der Waals surface area (Å²) in [5.41, 5.74) is 14.8. The van der Waals surface area contributed by atoms with E-state index in [1.54, 1.807) is 0 Å². The molecule has 0 unspecified atom stereocenters. The molecular formula is C56H46N3O2Pt-. The van der Waals surface area contributed by atoms with Gasteiger partial charge in [0.1, 0.15) is 22.7 Å². The van der Waals surface area contributed by atoms with Gasteiger partial charge in [-0.3, -0.25) is 9.55 Å². The molecule has 0 atom stereocenters. The van der Waals surface area contributed by atoms with Crippen molar-refractivity contribution in [2.75, 3.05) is 0 Å². The zero-order valence-corrected chi connectivity index (χ0v) is 37.9. The molecule has 0 saturated carbocycles. The van der Waals surface area contributed by atoms with E-state index < -0.39 is 0 Å². The van der Waals surface area contributed by atoms with E-state index >= 15 is 0 Å². The molecule has 3 heterocycles. The van der Waals surface area contributed by atoms with Crippen LogP contribution >= 0.6 is 0 Å². The molecule has 62 heavy (non-hydrogen) atoms. The van der Waals surface area contributed by atoms with Gasteiger partial charge in [0.15, 0.2) is 0 Å². The van der Waals surface area contributed by atoms with Gasteiger partial charge in [0.2, 0.25) is 0 Å². The largest absolute Gasteiger partial charge is 0.507 e. The number of pyridine rings is 1. The molecule has 0 amide bonds. The van der Waals surface area contributed by atoms with Crippen molar-refractivity contribution >= 4 is 33.0 Å². The maximum Gasteiger partial charge on any atom is 0.148 e. The van der Waals surface area contributed by atoms with Gasteiger partial charge < -0.3 is 9.52 Å². The van der Waals surface area contributed by atoms with Crippen LogP contribution in [0, 0.1) is 6.07 Å². The molecule has 10 rings (SSSR count). The molecule has 0 aliphatic heterocycles. The fraction of sp³-hybridized carbons (Fsp3) is 0.143. The molecule has 6 heteroatoms. The second-order valence-corrected chi connectivity index (χ2v) is 18.0. The van der Waals surface area contributed by atoms with Gasteiger partial charge in [-0.05, 0) is 75.5 Å². The molecule has 0 aliphatic rings. The van der Waals surface area contributed by atoms with E-state index in [0.29, 0.717) is 17.0 Å².